The third-order valence-corrected chi connectivity index (χ3v) is 4.74. The van der Waals surface area contributed by atoms with Gasteiger partial charge in [0.2, 0.25) is 5.91 Å². The predicted octanol–water partition coefficient (Wildman–Crippen LogP) is 4.67. The minimum Gasteiger partial charge on any atom is -0.495 e. The third-order valence-electron chi connectivity index (χ3n) is 3.18. The molecule has 1 heterocycles. The van der Waals surface area contributed by atoms with Crippen LogP contribution in [0.2, 0.25) is 9.36 Å². The first-order valence-corrected chi connectivity index (χ1v) is 8.51. The molecule has 0 unspecified atom stereocenters. The summed E-state index contributed by atoms with van der Waals surface area (Å²) in [5, 5.41) is 3.07. The van der Waals surface area contributed by atoms with Crippen molar-refractivity contribution < 1.29 is 19.1 Å². The van der Waals surface area contributed by atoms with Gasteiger partial charge in [-0.3, -0.25) is 9.59 Å². The summed E-state index contributed by atoms with van der Waals surface area (Å²) in [5.74, 6) is 0.388. The molecule has 0 aliphatic heterocycles. The fraction of sp³-hybridized carbons (Fsp3) is 0.250. The van der Waals surface area contributed by atoms with Gasteiger partial charge in [0.1, 0.15) is 11.5 Å². The van der Waals surface area contributed by atoms with Crippen LogP contribution in [0.3, 0.4) is 0 Å². The lowest BCUT2D eigenvalue weighted by atomic mass is 10.2. The molecule has 1 aromatic heterocycles. The van der Waals surface area contributed by atoms with Gasteiger partial charge in [0.15, 0.2) is 5.78 Å². The van der Waals surface area contributed by atoms with E-state index < -0.39 is 0 Å². The standard InChI is InChI=1S/C16H15Cl2NO4S/c1-22-12-8-10(13(23-2)7-9(12)17)19-16(21)6-3-11(20)14-4-5-15(18)24-14/h4-5,7-8H,3,6H2,1-2H3,(H,19,21). The van der Waals surface area contributed by atoms with Gasteiger partial charge in [-0.2, -0.15) is 0 Å². The lowest BCUT2D eigenvalue weighted by molar-refractivity contribution is -0.116. The number of nitrogens with one attached hydrogen (secondary N) is 1. The van der Waals surface area contributed by atoms with Gasteiger partial charge in [-0.15, -0.1) is 11.3 Å². The maximum absolute atomic E-state index is 12.1. The van der Waals surface area contributed by atoms with Crippen LogP contribution < -0.4 is 14.8 Å². The molecule has 0 atom stereocenters. The fourth-order valence-corrected chi connectivity index (χ4v) is 3.23. The molecule has 0 saturated carbocycles. The third kappa shape index (κ3) is 4.63. The first kappa shape index (κ1) is 18.6. The number of carbonyl (C=O) groups excluding carboxylic acids is 2. The van der Waals surface area contributed by atoms with Crippen LogP contribution >= 0.6 is 34.5 Å². The van der Waals surface area contributed by atoms with Crippen LogP contribution in [0.5, 0.6) is 11.5 Å². The summed E-state index contributed by atoms with van der Waals surface area (Å²) in [6.45, 7) is 0. The van der Waals surface area contributed by atoms with Crippen LogP contribution in [0.1, 0.15) is 22.5 Å². The fourth-order valence-electron chi connectivity index (χ4n) is 1.99. The number of hydrogen-bond acceptors (Lipinski definition) is 5. The highest BCUT2D eigenvalue weighted by Crippen LogP contribution is 2.36. The Bertz CT molecular complexity index is 761. The van der Waals surface area contributed by atoms with Crippen LogP contribution in [0, 0.1) is 0 Å². The van der Waals surface area contributed by atoms with Gasteiger partial charge < -0.3 is 14.8 Å². The molecule has 1 amide bonds. The molecule has 8 heteroatoms. The largest absolute Gasteiger partial charge is 0.495 e. The van der Waals surface area contributed by atoms with Gasteiger partial charge in [0.25, 0.3) is 0 Å². The number of halogens is 2. The smallest absolute Gasteiger partial charge is 0.224 e. The van der Waals surface area contributed by atoms with E-state index in [1.165, 1.54) is 25.6 Å². The molecule has 0 aliphatic rings. The molecule has 5 nitrogen and oxygen atoms in total. The van der Waals surface area contributed by atoms with Crippen molar-refractivity contribution in [3.05, 3.63) is 38.5 Å². The van der Waals surface area contributed by atoms with Crippen molar-refractivity contribution in [2.45, 2.75) is 12.8 Å². The van der Waals surface area contributed by atoms with Crippen molar-refractivity contribution in [3.8, 4) is 11.5 Å². The highest BCUT2D eigenvalue weighted by molar-refractivity contribution is 7.18. The van der Waals surface area contributed by atoms with Gasteiger partial charge >= 0.3 is 0 Å². The quantitative estimate of drug-likeness (QED) is 0.700. The SMILES string of the molecule is COc1cc(NC(=O)CCC(=O)c2ccc(Cl)s2)c(OC)cc1Cl. The molecule has 1 aromatic carbocycles. The predicted molar refractivity (Wildman–Crippen MR) is 96.1 cm³/mol. The lowest BCUT2D eigenvalue weighted by Gasteiger charge is -2.13. The molecular formula is C16H15Cl2NO4S. The van der Waals surface area contributed by atoms with E-state index in [2.05, 4.69) is 5.32 Å². The van der Waals surface area contributed by atoms with Gasteiger partial charge in [-0.25, -0.2) is 0 Å². The zero-order valence-electron chi connectivity index (χ0n) is 13.0. The van der Waals surface area contributed by atoms with Crippen LogP contribution in [-0.4, -0.2) is 25.9 Å². The molecule has 0 spiro atoms. The van der Waals surface area contributed by atoms with Crippen molar-refractivity contribution in [3.63, 3.8) is 0 Å². The average Bonchev–Trinajstić information content (AvgIpc) is 3.00. The number of methoxy groups -OCH3 is 2. The maximum atomic E-state index is 12.1. The molecule has 0 saturated heterocycles. The summed E-state index contributed by atoms with van der Waals surface area (Å²) in [7, 11) is 2.95. The minimum absolute atomic E-state index is 0.0441. The Labute approximate surface area is 153 Å². The molecule has 0 aliphatic carbocycles. The molecule has 24 heavy (non-hydrogen) atoms. The van der Waals surface area contributed by atoms with Gasteiger partial charge in [-0.05, 0) is 12.1 Å². The van der Waals surface area contributed by atoms with E-state index in [-0.39, 0.29) is 24.5 Å². The van der Waals surface area contributed by atoms with Crippen molar-refractivity contribution in [1.82, 2.24) is 0 Å². The van der Waals surface area contributed by atoms with E-state index in [4.69, 9.17) is 32.7 Å². The molecule has 2 rings (SSSR count). The Morgan fingerprint density at radius 2 is 1.79 bits per heavy atom. The Kier molecular flexibility index (Phi) is 6.48. The van der Waals surface area contributed by atoms with E-state index >= 15 is 0 Å². The molecule has 2 aromatic rings. The Hall–Kier alpha value is -1.76. The number of benzene rings is 1. The molecule has 0 radical (unpaired) electrons. The topological polar surface area (TPSA) is 64.6 Å². The van der Waals surface area contributed by atoms with Crippen LogP contribution in [-0.2, 0) is 4.79 Å². The molecule has 0 fully saturated rings. The lowest BCUT2D eigenvalue weighted by Crippen LogP contribution is -2.14. The number of carbonyl (C=O) groups is 2. The van der Waals surface area contributed by atoms with E-state index in [1.54, 1.807) is 24.3 Å². The van der Waals surface area contributed by atoms with E-state index in [1.807, 2.05) is 0 Å². The monoisotopic (exact) mass is 387 g/mol. The van der Waals surface area contributed by atoms with Crippen molar-refractivity contribution >= 4 is 51.9 Å². The summed E-state index contributed by atoms with van der Waals surface area (Å²) in [6, 6.07) is 6.43. The Morgan fingerprint density at radius 1 is 1.08 bits per heavy atom. The summed E-state index contributed by atoms with van der Waals surface area (Å²) in [4.78, 5) is 24.6. The Morgan fingerprint density at radius 3 is 2.38 bits per heavy atom. The zero-order chi connectivity index (χ0) is 17.7. The van der Waals surface area contributed by atoms with Gasteiger partial charge in [-0.1, -0.05) is 23.2 Å². The minimum atomic E-state index is -0.311. The van der Waals surface area contributed by atoms with Crippen molar-refractivity contribution in [1.29, 1.82) is 0 Å². The first-order valence-electron chi connectivity index (χ1n) is 6.94. The summed E-state index contributed by atoms with van der Waals surface area (Å²) in [6.07, 6.45) is 0.137. The second kappa shape index (κ2) is 8.37. The van der Waals surface area contributed by atoms with E-state index in [0.717, 1.165) is 0 Å². The van der Waals surface area contributed by atoms with E-state index in [0.29, 0.717) is 31.4 Å². The summed E-state index contributed by atoms with van der Waals surface area (Å²) < 4.78 is 10.9. The van der Waals surface area contributed by atoms with Crippen LogP contribution in [0.4, 0.5) is 5.69 Å². The molecular weight excluding hydrogens is 373 g/mol. The maximum Gasteiger partial charge on any atom is 0.224 e. The number of thiophene rings is 1. The molecule has 1 N–H and O–H groups in total. The molecule has 0 bridgehead atoms. The summed E-state index contributed by atoms with van der Waals surface area (Å²) >= 11 is 13.0. The second-order valence-electron chi connectivity index (χ2n) is 4.76. The van der Waals surface area contributed by atoms with E-state index in [9.17, 15) is 9.59 Å². The number of anilines is 1. The van der Waals surface area contributed by atoms with Gasteiger partial charge in [0.05, 0.1) is 34.1 Å². The number of hydrogen-bond donors (Lipinski definition) is 1. The van der Waals surface area contributed by atoms with Crippen LogP contribution in [0.25, 0.3) is 0 Å². The second-order valence-corrected chi connectivity index (χ2v) is 6.88. The first-order chi connectivity index (χ1) is 11.4. The van der Waals surface area contributed by atoms with Crippen LogP contribution in [0.15, 0.2) is 24.3 Å². The molecule has 128 valence electrons. The average molecular weight is 388 g/mol. The number of Topliss-reactive ketones (excluding diaryl/α,β-unsaturated/α-hetero) is 1. The van der Waals surface area contributed by atoms with Gasteiger partial charge in [0, 0.05) is 25.0 Å². The zero-order valence-corrected chi connectivity index (χ0v) is 15.3. The number of ether oxygens (including phenoxy) is 2. The number of amides is 1. The number of ketones is 1. The van der Waals surface area contributed by atoms with Crippen molar-refractivity contribution in [2.75, 3.05) is 19.5 Å². The highest BCUT2D eigenvalue weighted by Gasteiger charge is 2.15. The number of rotatable bonds is 7. The normalized spacial score (nSPS) is 10.3. The summed E-state index contributed by atoms with van der Waals surface area (Å²) in [5.41, 5.74) is 0.426. The van der Waals surface area contributed by atoms with Crippen molar-refractivity contribution in [2.24, 2.45) is 0 Å². The highest BCUT2D eigenvalue weighted by atomic mass is 35.5. The Balaban J connectivity index is 2.00.